The summed E-state index contributed by atoms with van der Waals surface area (Å²) in [6.45, 7) is 6.18. The lowest BCUT2D eigenvalue weighted by Crippen LogP contribution is -2.59. The lowest BCUT2D eigenvalue weighted by atomic mass is 9.98. The average Bonchev–Trinajstić information content (AvgIpc) is 2.65. The molecule has 0 spiro atoms. The van der Waals surface area contributed by atoms with Gasteiger partial charge in [0, 0.05) is 45.2 Å². The molecule has 0 N–H and O–H groups in total. The molecule has 2 heterocycles. The van der Waals surface area contributed by atoms with Crippen LogP contribution in [-0.2, 0) is 33.8 Å². The van der Waals surface area contributed by atoms with E-state index in [1.165, 1.54) is 17.5 Å². The van der Waals surface area contributed by atoms with Crippen LogP contribution in [0.5, 0.6) is 0 Å². The first-order chi connectivity index (χ1) is 13.0. The third-order valence-corrected chi connectivity index (χ3v) is 7.72. The van der Waals surface area contributed by atoms with Gasteiger partial charge in [-0.1, -0.05) is 6.08 Å². The highest BCUT2D eigenvalue weighted by molar-refractivity contribution is 7.91. The summed E-state index contributed by atoms with van der Waals surface area (Å²) in [5.41, 5.74) is -0.774. The zero-order valence-corrected chi connectivity index (χ0v) is 17.9. The van der Waals surface area contributed by atoms with Crippen LogP contribution in [0.1, 0.15) is 46.5 Å². The molecule has 0 amide bonds. The van der Waals surface area contributed by atoms with Crippen LogP contribution in [0.25, 0.3) is 0 Å². The summed E-state index contributed by atoms with van der Waals surface area (Å²) in [4.78, 5) is 24.2. The summed E-state index contributed by atoms with van der Waals surface area (Å²) < 4.78 is 42.2. The predicted molar refractivity (Wildman–Crippen MR) is 103 cm³/mol. The van der Waals surface area contributed by atoms with Gasteiger partial charge in [-0.25, -0.2) is 17.5 Å². The number of hydrogen-bond acceptors (Lipinski definition) is 7. The standard InChI is InChI=1S/C19H31NO7S/c1-18(2,3)27-17(22)19(9-13-26-14-10-19)28(23,24)20-11-7-15(8-12-20)5-6-16(21)25-4/h5-6,15H,7-14H2,1-4H3/b6-5+. The van der Waals surface area contributed by atoms with E-state index in [-0.39, 0.29) is 32.0 Å². The minimum atomic E-state index is -3.91. The van der Waals surface area contributed by atoms with Crippen molar-refractivity contribution in [3.63, 3.8) is 0 Å². The molecule has 0 unspecified atom stereocenters. The molecule has 9 heteroatoms. The maximum atomic E-state index is 13.5. The SMILES string of the molecule is COC(=O)/C=C/C1CCN(S(=O)(=O)C2(C(=O)OC(C)(C)C)CCOCC2)CC1. The minimum Gasteiger partial charge on any atom is -0.466 e. The van der Waals surface area contributed by atoms with E-state index in [0.29, 0.717) is 25.9 Å². The van der Waals surface area contributed by atoms with Gasteiger partial charge in [-0.15, -0.1) is 0 Å². The van der Waals surface area contributed by atoms with Crippen LogP contribution in [0.3, 0.4) is 0 Å². The number of methoxy groups -OCH3 is 1. The van der Waals surface area contributed by atoms with Crippen molar-refractivity contribution in [1.82, 2.24) is 4.31 Å². The number of hydrogen-bond donors (Lipinski definition) is 0. The van der Waals surface area contributed by atoms with Crippen LogP contribution >= 0.6 is 0 Å². The second-order valence-electron chi connectivity index (χ2n) is 8.23. The Bertz CT molecular complexity index is 694. The van der Waals surface area contributed by atoms with Gasteiger partial charge in [-0.05, 0) is 39.5 Å². The van der Waals surface area contributed by atoms with E-state index < -0.39 is 32.3 Å². The van der Waals surface area contributed by atoms with Gasteiger partial charge in [-0.2, -0.15) is 0 Å². The largest absolute Gasteiger partial charge is 0.466 e. The van der Waals surface area contributed by atoms with Crippen LogP contribution in [0.4, 0.5) is 0 Å². The Morgan fingerprint density at radius 3 is 2.21 bits per heavy atom. The number of esters is 2. The maximum absolute atomic E-state index is 13.5. The molecule has 2 saturated heterocycles. The molecule has 0 aromatic rings. The number of carbonyl (C=O) groups is 2. The minimum absolute atomic E-state index is 0.0897. The second kappa shape index (κ2) is 8.92. The summed E-state index contributed by atoms with van der Waals surface area (Å²) >= 11 is 0. The topological polar surface area (TPSA) is 99.2 Å². The van der Waals surface area contributed by atoms with Crippen LogP contribution in [0.2, 0.25) is 0 Å². The summed E-state index contributed by atoms with van der Waals surface area (Å²) in [6.07, 6.45) is 4.46. The first-order valence-electron chi connectivity index (χ1n) is 9.59. The predicted octanol–water partition coefficient (Wildman–Crippen LogP) is 1.65. The molecule has 160 valence electrons. The van der Waals surface area contributed by atoms with Crippen molar-refractivity contribution in [2.75, 3.05) is 33.4 Å². The Morgan fingerprint density at radius 1 is 1.14 bits per heavy atom. The zero-order chi connectivity index (χ0) is 21.0. The van der Waals surface area contributed by atoms with Gasteiger partial charge >= 0.3 is 11.9 Å². The molecule has 2 fully saturated rings. The molecule has 2 aliphatic heterocycles. The Labute approximate surface area is 167 Å². The Balaban J connectivity index is 2.17. The fraction of sp³-hybridized carbons (Fsp3) is 0.789. The molecule has 0 aromatic heterocycles. The fourth-order valence-electron chi connectivity index (χ4n) is 3.48. The van der Waals surface area contributed by atoms with Crippen LogP contribution in [0.15, 0.2) is 12.2 Å². The average molecular weight is 418 g/mol. The normalized spacial score (nSPS) is 22.1. The summed E-state index contributed by atoms with van der Waals surface area (Å²) in [6, 6.07) is 0. The Kier molecular flexibility index (Phi) is 7.27. The molecule has 0 aromatic carbocycles. The molecule has 0 bridgehead atoms. The van der Waals surface area contributed by atoms with E-state index >= 15 is 0 Å². The van der Waals surface area contributed by atoms with E-state index in [1.807, 2.05) is 0 Å². The summed E-state index contributed by atoms with van der Waals surface area (Å²) in [5, 5.41) is 0. The first-order valence-corrected chi connectivity index (χ1v) is 11.0. The smallest absolute Gasteiger partial charge is 0.330 e. The summed E-state index contributed by atoms with van der Waals surface area (Å²) in [5.74, 6) is -1.03. The van der Waals surface area contributed by atoms with Gasteiger partial charge in [0.25, 0.3) is 0 Å². The highest BCUT2D eigenvalue weighted by Gasteiger charge is 2.56. The van der Waals surface area contributed by atoms with Crippen LogP contribution in [-0.4, -0.2) is 68.4 Å². The number of carbonyl (C=O) groups excluding carboxylic acids is 2. The first kappa shape index (κ1) is 22.8. The van der Waals surface area contributed by atoms with Crippen molar-refractivity contribution in [3.05, 3.63) is 12.2 Å². The maximum Gasteiger partial charge on any atom is 0.330 e. The monoisotopic (exact) mass is 417 g/mol. The number of sulfonamides is 1. The van der Waals surface area contributed by atoms with E-state index in [9.17, 15) is 18.0 Å². The number of rotatable bonds is 5. The van der Waals surface area contributed by atoms with Crippen molar-refractivity contribution in [2.45, 2.75) is 56.8 Å². The van der Waals surface area contributed by atoms with E-state index in [0.717, 1.165) is 0 Å². The van der Waals surface area contributed by atoms with E-state index in [4.69, 9.17) is 9.47 Å². The lowest BCUT2D eigenvalue weighted by Gasteiger charge is -2.41. The van der Waals surface area contributed by atoms with Gasteiger partial charge in [0.15, 0.2) is 4.75 Å². The molecule has 0 aliphatic carbocycles. The number of nitrogens with zero attached hydrogens (tertiary/aromatic N) is 1. The van der Waals surface area contributed by atoms with Gasteiger partial charge in [0.2, 0.25) is 10.0 Å². The second-order valence-corrected chi connectivity index (χ2v) is 10.5. The van der Waals surface area contributed by atoms with Crippen molar-refractivity contribution < 1.29 is 32.2 Å². The molecule has 0 radical (unpaired) electrons. The molecular formula is C19H31NO7S. The number of allylic oxidation sites excluding steroid dienone is 1. The van der Waals surface area contributed by atoms with Crippen LogP contribution < -0.4 is 0 Å². The van der Waals surface area contributed by atoms with E-state index in [1.54, 1.807) is 26.8 Å². The molecular weight excluding hydrogens is 386 g/mol. The third kappa shape index (κ3) is 5.12. The van der Waals surface area contributed by atoms with Crippen molar-refractivity contribution in [3.8, 4) is 0 Å². The third-order valence-electron chi connectivity index (χ3n) is 5.11. The molecule has 0 saturated carbocycles. The highest BCUT2D eigenvalue weighted by Crippen LogP contribution is 2.37. The Morgan fingerprint density at radius 2 is 1.71 bits per heavy atom. The quantitative estimate of drug-likeness (QED) is 0.495. The fourth-order valence-corrected chi connectivity index (χ4v) is 5.60. The molecule has 8 nitrogen and oxygen atoms in total. The highest BCUT2D eigenvalue weighted by atomic mass is 32.2. The van der Waals surface area contributed by atoms with Crippen molar-refractivity contribution in [1.29, 1.82) is 0 Å². The summed E-state index contributed by atoms with van der Waals surface area (Å²) in [7, 11) is -2.60. The lowest BCUT2D eigenvalue weighted by molar-refractivity contribution is -0.161. The molecule has 0 atom stereocenters. The van der Waals surface area contributed by atoms with Gasteiger partial charge in [0.05, 0.1) is 7.11 Å². The molecule has 2 rings (SSSR count). The van der Waals surface area contributed by atoms with Gasteiger partial charge < -0.3 is 14.2 Å². The van der Waals surface area contributed by atoms with Crippen molar-refractivity contribution in [2.24, 2.45) is 5.92 Å². The number of ether oxygens (including phenoxy) is 3. The molecule has 28 heavy (non-hydrogen) atoms. The van der Waals surface area contributed by atoms with Gasteiger partial charge in [0.1, 0.15) is 5.60 Å². The van der Waals surface area contributed by atoms with Crippen LogP contribution in [0, 0.1) is 5.92 Å². The van der Waals surface area contributed by atoms with Gasteiger partial charge in [-0.3, -0.25) is 4.79 Å². The Hall–Kier alpha value is -1.45. The molecule has 2 aliphatic rings. The van der Waals surface area contributed by atoms with E-state index in [2.05, 4.69) is 4.74 Å². The number of piperidine rings is 1. The van der Waals surface area contributed by atoms with Crippen molar-refractivity contribution >= 4 is 22.0 Å². The zero-order valence-electron chi connectivity index (χ0n) is 17.1.